The summed E-state index contributed by atoms with van der Waals surface area (Å²) in [6.45, 7) is 8.32. The highest BCUT2D eigenvalue weighted by Crippen LogP contribution is 2.43. The Morgan fingerprint density at radius 1 is 1.00 bits per heavy atom. The van der Waals surface area contributed by atoms with Crippen molar-refractivity contribution in [3.8, 4) is 0 Å². The van der Waals surface area contributed by atoms with E-state index >= 15 is 0 Å². The minimum Gasteiger partial charge on any atom is -0.465 e. The number of benzene rings is 1. The summed E-state index contributed by atoms with van der Waals surface area (Å²) in [5, 5.41) is 0. The number of esters is 2. The van der Waals surface area contributed by atoms with Gasteiger partial charge in [-0.05, 0) is 32.5 Å². The van der Waals surface area contributed by atoms with E-state index in [9.17, 15) is 9.59 Å². The van der Waals surface area contributed by atoms with E-state index in [2.05, 4.69) is 36.7 Å². The molecule has 2 rings (SSSR count). The monoisotopic (exact) mass is 465 g/mol. The van der Waals surface area contributed by atoms with Crippen LogP contribution in [-0.2, 0) is 23.8 Å². The molecule has 0 amide bonds. The Morgan fingerprint density at radius 2 is 1.52 bits per heavy atom. The van der Waals surface area contributed by atoms with Gasteiger partial charge >= 0.3 is 11.9 Å². The van der Waals surface area contributed by atoms with E-state index < -0.39 is 11.9 Å². The highest BCUT2D eigenvalue weighted by molar-refractivity contribution is 9.12. The van der Waals surface area contributed by atoms with Gasteiger partial charge in [-0.2, -0.15) is 0 Å². The zero-order valence-corrected chi connectivity index (χ0v) is 19.2. The molecule has 1 saturated heterocycles. The number of allylic oxidation sites excluding steroid dienone is 2. The third-order valence-electron chi connectivity index (χ3n) is 4.58. The van der Waals surface area contributed by atoms with Crippen LogP contribution in [-0.4, -0.2) is 57.4 Å². The molecule has 0 bridgehead atoms. The van der Waals surface area contributed by atoms with Crippen LogP contribution >= 0.6 is 15.9 Å². The third-order valence-corrected chi connectivity index (χ3v) is 5.36. The maximum absolute atomic E-state index is 12.6. The first kappa shape index (κ1) is 23.2. The Hall–Kier alpha value is -2.12. The van der Waals surface area contributed by atoms with E-state index in [4.69, 9.17) is 14.2 Å². The maximum atomic E-state index is 12.6. The first-order chi connectivity index (χ1) is 13.7. The molecule has 1 aromatic rings. The van der Waals surface area contributed by atoms with Crippen molar-refractivity contribution < 1.29 is 23.8 Å². The van der Waals surface area contributed by atoms with Gasteiger partial charge in [0.25, 0.3) is 0 Å². The van der Waals surface area contributed by atoms with Gasteiger partial charge in [-0.3, -0.25) is 0 Å². The first-order valence-corrected chi connectivity index (χ1v) is 10.2. The van der Waals surface area contributed by atoms with E-state index in [1.165, 1.54) is 14.2 Å². The molecule has 1 aliphatic rings. The third kappa shape index (κ3) is 5.48. The largest absolute Gasteiger partial charge is 0.465 e. The normalized spacial score (nSPS) is 15.3. The molecule has 6 nitrogen and oxygen atoms in total. The van der Waals surface area contributed by atoms with Gasteiger partial charge in [0.2, 0.25) is 0 Å². The maximum Gasteiger partial charge on any atom is 0.347 e. The highest BCUT2D eigenvalue weighted by atomic mass is 79.9. The summed E-state index contributed by atoms with van der Waals surface area (Å²) in [5.74, 6) is -1.48. The SMILES string of the molecule is COC(=O)C(C(=O)OC)=C(/C(Br)=C(/c1ccccc1)C(C)(C)C)N1CCOCC1. The molecule has 0 radical (unpaired) electrons. The number of carbonyl (C=O) groups excluding carboxylic acids is 2. The van der Waals surface area contributed by atoms with E-state index in [1.807, 2.05) is 35.2 Å². The van der Waals surface area contributed by atoms with Crippen LogP contribution in [0, 0.1) is 5.41 Å². The van der Waals surface area contributed by atoms with Crippen LogP contribution in [0.25, 0.3) is 5.57 Å². The molecule has 29 heavy (non-hydrogen) atoms. The number of rotatable bonds is 5. The van der Waals surface area contributed by atoms with Gasteiger partial charge < -0.3 is 19.1 Å². The molecule has 158 valence electrons. The second kappa shape index (κ2) is 10.1. The fraction of sp³-hybridized carbons (Fsp3) is 0.455. The first-order valence-electron chi connectivity index (χ1n) is 9.42. The van der Waals surface area contributed by atoms with Gasteiger partial charge in [0, 0.05) is 17.6 Å². The number of ether oxygens (including phenoxy) is 3. The van der Waals surface area contributed by atoms with Crippen molar-refractivity contribution in [2.75, 3.05) is 40.5 Å². The lowest BCUT2D eigenvalue weighted by Crippen LogP contribution is -2.38. The number of carbonyl (C=O) groups is 2. The van der Waals surface area contributed by atoms with Gasteiger partial charge in [-0.1, -0.05) is 51.1 Å². The molecule has 1 fully saturated rings. The van der Waals surface area contributed by atoms with E-state index in [-0.39, 0.29) is 11.0 Å². The summed E-state index contributed by atoms with van der Waals surface area (Å²) in [7, 11) is 2.50. The second-order valence-corrected chi connectivity index (χ2v) is 8.40. The number of nitrogens with zero attached hydrogens (tertiary/aromatic N) is 1. The molecule has 1 heterocycles. The molecule has 0 saturated carbocycles. The van der Waals surface area contributed by atoms with Crippen LogP contribution in [0.15, 0.2) is 46.1 Å². The van der Waals surface area contributed by atoms with E-state index in [0.29, 0.717) is 36.5 Å². The number of halogens is 1. The summed E-state index contributed by atoms with van der Waals surface area (Å²) < 4.78 is 16.0. The van der Waals surface area contributed by atoms with Crippen LogP contribution in [0.4, 0.5) is 0 Å². The number of morpholine rings is 1. The van der Waals surface area contributed by atoms with Crippen LogP contribution in [0.2, 0.25) is 0 Å². The molecule has 0 aliphatic carbocycles. The minimum atomic E-state index is -0.739. The number of hydrogen-bond acceptors (Lipinski definition) is 6. The molecule has 0 spiro atoms. The Bertz CT molecular complexity index is 784. The molecule has 0 N–H and O–H groups in total. The van der Waals surface area contributed by atoms with Gasteiger partial charge in [-0.25, -0.2) is 9.59 Å². The van der Waals surface area contributed by atoms with E-state index in [0.717, 1.165) is 11.1 Å². The summed E-state index contributed by atoms with van der Waals surface area (Å²) >= 11 is 3.74. The molecule has 7 heteroatoms. The number of methoxy groups -OCH3 is 2. The smallest absolute Gasteiger partial charge is 0.347 e. The molecule has 0 aromatic heterocycles. The molecular weight excluding hydrogens is 438 g/mol. The van der Waals surface area contributed by atoms with Gasteiger partial charge in [0.05, 0.1) is 33.1 Å². The van der Waals surface area contributed by atoms with Crippen molar-refractivity contribution in [2.45, 2.75) is 20.8 Å². The minimum absolute atomic E-state index is 0.138. The molecular formula is C22H28BrNO5. The molecule has 1 aromatic carbocycles. The topological polar surface area (TPSA) is 65.1 Å². The summed E-state index contributed by atoms with van der Waals surface area (Å²) in [6, 6.07) is 9.89. The average Bonchev–Trinajstić information content (AvgIpc) is 2.71. The predicted molar refractivity (Wildman–Crippen MR) is 115 cm³/mol. The second-order valence-electron chi connectivity index (χ2n) is 7.61. The van der Waals surface area contributed by atoms with Crippen LogP contribution in [0.1, 0.15) is 26.3 Å². The molecule has 0 unspecified atom stereocenters. The van der Waals surface area contributed by atoms with Crippen molar-refractivity contribution in [1.82, 2.24) is 4.90 Å². The molecule has 0 atom stereocenters. The van der Waals surface area contributed by atoms with Gasteiger partial charge in [0.1, 0.15) is 0 Å². The fourth-order valence-corrected chi connectivity index (χ4v) is 4.56. The molecule has 1 aliphatic heterocycles. The van der Waals surface area contributed by atoms with Crippen molar-refractivity contribution in [3.63, 3.8) is 0 Å². The summed E-state index contributed by atoms with van der Waals surface area (Å²) in [4.78, 5) is 27.2. The van der Waals surface area contributed by atoms with Crippen molar-refractivity contribution >= 4 is 33.4 Å². The van der Waals surface area contributed by atoms with Crippen LogP contribution in [0.5, 0.6) is 0 Å². The van der Waals surface area contributed by atoms with Crippen molar-refractivity contribution in [2.24, 2.45) is 5.41 Å². The lowest BCUT2D eigenvalue weighted by atomic mass is 9.81. The standard InChI is InChI=1S/C22H28BrNO5/c1-22(2,3)17(15-9-7-6-8-10-15)18(23)19(24-11-13-29-14-12-24)16(20(25)27-4)21(26)28-5/h6-10H,11-14H2,1-5H3/b18-17+. The van der Waals surface area contributed by atoms with Gasteiger partial charge in [-0.15, -0.1) is 0 Å². The van der Waals surface area contributed by atoms with Crippen LogP contribution in [0.3, 0.4) is 0 Å². The lowest BCUT2D eigenvalue weighted by molar-refractivity contribution is -0.144. The van der Waals surface area contributed by atoms with Crippen molar-refractivity contribution in [1.29, 1.82) is 0 Å². The quantitative estimate of drug-likeness (QED) is 0.217. The number of hydrogen-bond donors (Lipinski definition) is 0. The Labute approximate surface area is 180 Å². The van der Waals surface area contributed by atoms with Crippen LogP contribution < -0.4 is 0 Å². The van der Waals surface area contributed by atoms with Gasteiger partial charge in [0.15, 0.2) is 5.57 Å². The Morgan fingerprint density at radius 3 is 1.97 bits per heavy atom. The average molecular weight is 466 g/mol. The zero-order valence-electron chi connectivity index (χ0n) is 17.6. The fourth-order valence-electron chi connectivity index (χ4n) is 3.29. The predicted octanol–water partition coefficient (Wildman–Crippen LogP) is 3.77. The highest BCUT2D eigenvalue weighted by Gasteiger charge is 2.34. The summed E-state index contributed by atoms with van der Waals surface area (Å²) in [5.41, 5.74) is 1.99. The van der Waals surface area contributed by atoms with E-state index in [1.54, 1.807) is 0 Å². The summed E-state index contributed by atoms with van der Waals surface area (Å²) in [6.07, 6.45) is 0. The lowest BCUT2D eigenvalue weighted by Gasteiger charge is -2.34. The Kier molecular flexibility index (Phi) is 8.05. The Balaban J connectivity index is 2.87. The zero-order chi connectivity index (χ0) is 21.6. The van der Waals surface area contributed by atoms with Crippen molar-refractivity contribution in [3.05, 3.63) is 51.6 Å².